The smallest absolute Gasteiger partial charge is 0.220 e. The molecular formula is C12H20N2OS. The van der Waals surface area contributed by atoms with Gasteiger partial charge in [0.15, 0.2) is 0 Å². The van der Waals surface area contributed by atoms with Crippen molar-refractivity contribution in [3.63, 3.8) is 0 Å². The van der Waals surface area contributed by atoms with Crippen LogP contribution in [0.5, 0.6) is 0 Å². The SMILES string of the molecule is CN(C)CCNc1c(C(C)(C)C)c(=S)c1=O. The molecule has 16 heavy (non-hydrogen) atoms. The standard InChI is InChI=1S/C12H20N2OS/c1-12(2,3)8-9(10(15)11(8)16)13-6-7-14(4)5/h13H,6-7H2,1-5H3. The fourth-order valence-electron chi connectivity index (χ4n) is 1.68. The summed E-state index contributed by atoms with van der Waals surface area (Å²) in [6.07, 6.45) is 0. The van der Waals surface area contributed by atoms with E-state index in [9.17, 15) is 4.79 Å². The average molecular weight is 240 g/mol. The van der Waals surface area contributed by atoms with Crippen LogP contribution < -0.4 is 10.7 Å². The molecule has 90 valence electrons. The van der Waals surface area contributed by atoms with Gasteiger partial charge in [-0.05, 0) is 19.5 Å². The van der Waals surface area contributed by atoms with E-state index in [1.54, 1.807) is 0 Å². The molecule has 1 rings (SSSR count). The van der Waals surface area contributed by atoms with E-state index in [1.165, 1.54) is 0 Å². The predicted molar refractivity (Wildman–Crippen MR) is 71.7 cm³/mol. The average Bonchev–Trinajstić information content (AvgIpc) is 2.13. The molecule has 1 N–H and O–H groups in total. The summed E-state index contributed by atoms with van der Waals surface area (Å²) in [5, 5.41) is 3.19. The third kappa shape index (κ3) is 2.68. The lowest BCUT2D eigenvalue weighted by molar-refractivity contribution is 0.425. The molecule has 0 aromatic heterocycles. The minimum atomic E-state index is -0.0502. The fraction of sp³-hybridized carbons (Fsp3) is 0.667. The first-order valence-corrected chi connectivity index (χ1v) is 5.88. The molecule has 0 aliphatic rings. The number of rotatable bonds is 4. The number of hydrogen-bond donors (Lipinski definition) is 1. The normalized spacial score (nSPS) is 12.4. The van der Waals surface area contributed by atoms with Crippen LogP contribution in [0.4, 0.5) is 5.69 Å². The molecule has 0 bridgehead atoms. The first kappa shape index (κ1) is 13.3. The van der Waals surface area contributed by atoms with Gasteiger partial charge >= 0.3 is 0 Å². The van der Waals surface area contributed by atoms with Crippen LogP contribution in [0.3, 0.4) is 0 Å². The quantitative estimate of drug-likeness (QED) is 0.815. The Hall–Kier alpha value is -0.740. The van der Waals surface area contributed by atoms with Crippen LogP contribution in [0, 0.1) is 4.51 Å². The predicted octanol–water partition coefficient (Wildman–Crippen LogP) is 1.92. The molecule has 0 heterocycles. The van der Waals surface area contributed by atoms with Gasteiger partial charge in [0, 0.05) is 18.7 Å². The van der Waals surface area contributed by atoms with E-state index in [0.29, 0.717) is 4.51 Å². The second-order valence-corrected chi connectivity index (χ2v) is 5.80. The van der Waals surface area contributed by atoms with Gasteiger partial charge in [0.2, 0.25) is 5.43 Å². The van der Waals surface area contributed by atoms with Crippen LogP contribution in [-0.4, -0.2) is 32.1 Å². The second kappa shape index (κ2) is 4.63. The molecule has 0 amide bonds. The first-order valence-electron chi connectivity index (χ1n) is 5.47. The van der Waals surface area contributed by atoms with E-state index in [-0.39, 0.29) is 10.8 Å². The molecule has 0 aliphatic carbocycles. The van der Waals surface area contributed by atoms with Crippen molar-refractivity contribution in [1.29, 1.82) is 0 Å². The van der Waals surface area contributed by atoms with E-state index in [1.807, 2.05) is 14.1 Å². The summed E-state index contributed by atoms with van der Waals surface area (Å²) in [6.45, 7) is 7.91. The Morgan fingerprint density at radius 3 is 2.31 bits per heavy atom. The third-order valence-corrected chi connectivity index (χ3v) is 2.91. The topological polar surface area (TPSA) is 32.3 Å². The Kier molecular flexibility index (Phi) is 3.86. The van der Waals surface area contributed by atoms with Gasteiger partial charge in [0.05, 0.1) is 10.2 Å². The van der Waals surface area contributed by atoms with Crippen LogP contribution >= 0.6 is 12.2 Å². The summed E-state index contributed by atoms with van der Waals surface area (Å²) in [5.41, 5.74) is 1.68. The number of hydrogen-bond acceptors (Lipinski definition) is 4. The Morgan fingerprint density at radius 1 is 1.31 bits per heavy atom. The second-order valence-electron chi connectivity index (χ2n) is 5.39. The van der Waals surface area contributed by atoms with Gasteiger partial charge < -0.3 is 10.2 Å². The summed E-state index contributed by atoms with van der Waals surface area (Å²) in [7, 11) is 4.02. The maximum Gasteiger partial charge on any atom is 0.220 e. The van der Waals surface area contributed by atoms with Crippen molar-refractivity contribution >= 4 is 17.9 Å². The molecule has 1 aromatic carbocycles. The minimum absolute atomic E-state index is 0.00122. The Morgan fingerprint density at radius 2 is 1.88 bits per heavy atom. The maximum absolute atomic E-state index is 11.6. The molecule has 0 unspecified atom stereocenters. The number of nitrogens with zero attached hydrogens (tertiary/aromatic N) is 1. The first-order chi connectivity index (χ1) is 7.25. The van der Waals surface area contributed by atoms with Gasteiger partial charge in [-0.3, -0.25) is 4.79 Å². The monoisotopic (exact) mass is 240 g/mol. The third-order valence-electron chi connectivity index (χ3n) is 2.52. The van der Waals surface area contributed by atoms with E-state index in [4.69, 9.17) is 12.2 Å². The molecule has 4 heteroatoms. The van der Waals surface area contributed by atoms with E-state index < -0.39 is 0 Å². The molecule has 3 nitrogen and oxygen atoms in total. The lowest BCUT2D eigenvalue weighted by Crippen LogP contribution is -2.31. The molecule has 0 saturated carbocycles. The van der Waals surface area contributed by atoms with Crippen molar-refractivity contribution in [2.24, 2.45) is 0 Å². The molecule has 0 radical (unpaired) electrons. The molecular weight excluding hydrogens is 220 g/mol. The van der Waals surface area contributed by atoms with Gasteiger partial charge in [0.25, 0.3) is 0 Å². The molecule has 0 atom stereocenters. The summed E-state index contributed by atoms with van der Waals surface area (Å²) < 4.78 is 0.500. The minimum Gasteiger partial charge on any atom is -0.380 e. The number of likely N-dealkylation sites (N-methyl/N-ethyl adjacent to an activating group) is 1. The molecule has 0 spiro atoms. The van der Waals surface area contributed by atoms with Gasteiger partial charge in [0.1, 0.15) is 0 Å². The van der Waals surface area contributed by atoms with Crippen LogP contribution in [0.15, 0.2) is 4.79 Å². The molecule has 1 aromatic rings. The summed E-state index contributed by atoms with van der Waals surface area (Å²) in [6, 6.07) is 0. The largest absolute Gasteiger partial charge is 0.380 e. The van der Waals surface area contributed by atoms with Crippen molar-refractivity contribution < 1.29 is 0 Å². The molecule has 0 saturated heterocycles. The van der Waals surface area contributed by atoms with Crippen molar-refractivity contribution in [2.45, 2.75) is 26.2 Å². The number of anilines is 1. The molecule has 0 fully saturated rings. The Bertz CT molecular complexity index is 436. The summed E-state index contributed by atoms with van der Waals surface area (Å²) in [4.78, 5) is 13.7. The highest BCUT2D eigenvalue weighted by Gasteiger charge is 2.27. The maximum atomic E-state index is 11.6. The summed E-state index contributed by atoms with van der Waals surface area (Å²) >= 11 is 5.10. The highest BCUT2D eigenvalue weighted by Crippen LogP contribution is 2.30. The van der Waals surface area contributed by atoms with Gasteiger partial charge in [-0.2, -0.15) is 0 Å². The van der Waals surface area contributed by atoms with Crippen LogP contribution in [0.1, 0.15) is 26.3 Å². The van der Waals surface area contributed by atoms with Crippen LogP contribution in [0.2, 0.25) is 0 Å². The lowest BCUT2D eigenvalue weighted by Gasteiger charge is -2.26. The lowest BCUT2D eigenvalue weighted by atomic mass is 9.83. The van der Waals surface area contributed by atoms with Crippen molar-refractivity contribution in [3.8, 4) is 0 Å². The number of nitrogens with one attached hydrogen (secondary N) is 1. The highest BCUT2D eigenvalue weighted by atomic mass is 32.1. The van der Waals surface area contributed by atoms with Gasteiger partial charge in [-0.1, -0.05) is 33.0 Å². The Balaban J connectivity index is 2.79. The van der Waals surface area contributed by atoms with Crippen molar-refractivity contribution in [3.05, 3.63) is 20.3 Å². The van der Waals surface area contributed by atoms with Crippen molar-refractivity contribution in [2.75, 3.05) is 32.5 Å². The zero-order chi connectivity index (χ0) is 12.5. The van der Waals surface area contributed by atoms with E-state index in [0.717, 1.165) is 24.3 Å². The zero-order valence-electron chi connectivity index (χ0n) is 10.7. The highest BCUT2D eigenvalue weighted by molar-refractivity contribution is 7.71. The van der Waals surface area contributed by atoms with E-state index in [2.05, 4.69) is 31.0 Å². The van der Waals surface area contributed by atoms with Gasteiger partial charge in [-0.25, -0.2) is 0 Å². The zero-order valence-corrected chi connectivity index (χ0v) is 11.5. The van der Waals surface area contributed by atoms with E-state index >= 15 is 0 Å². The van der Waals surface area contributed by atoms with Crippen molar-refractivity contribution in [1.82, 2.24) is 4.90 Å². The summed E-state index contributed by atoms with van der Waals surface area (Å²) in [5.74, 6) is 0. The van der Waals surface area contributed by atoms with Crippen LogP contribution in [0.25, 0.3) is 0 Å². The van der Waals surface area contributed by atoms with Crippen LogP contribution in [-0.2, 0) is 5.41 Å². The fourth-order valence-corrected chi connectivity index (χ4v) is 2.19. The van der Waals surface area contributed by atoms with Gasteiger partial charge in [-0.15, -0.1) is 0 Å². The molecule has 0 aliphatic heterocycles. The Labute approximate surface area is 102 Å².